The SMILES string of the molecule is CC(NC(=O)NC(C(=O)O)c1ccccc1)c1cn[nH]c1. The summed E-state index contributed by atoms with van der Waals surface area (Å²) in [5, 5.41) is 20.8. The number of amides is 2. The van der Waals surface area contributed by atoms with E-state index in [-0.39, 0.29) is 6.04 Å². The Labute approximate surface area is 121 Å². The molecular weight excluding hydrogens is 272 g/mol. The van der Waals surface area contributed by atoms with E-state index in [1.54, 1.807) is 49.6 Å². The fourth-order valence-corrected chi connectivity index (χ4v) is 1.88. The van der Waals surface area contributed by atoms with Gasteiger partial charge in [0.15, 0.2) is 6.04 Å². The molecule has 4 N–H and O–H groups in total. The summed E-state index contributed by atoms with van der Waals surface area (Å²) in [6.45, 7) is 1.78. The van der Waals surface area contributed by atoms with Gasteiger partial charge in [0.2, 0.25) is 0 Å². The highest BCUT2D eigenvalue weighted by Crippen LogP contribution is 2.13. The minimum absolute atomic E-state index is 0.283. The molecule has 0 aliphatic rings. The summed E-state index contributed by atoms with van der Waals surface area (Å²) in [5.74, 6) is -1.12. The van der Waals surface area contributed by atoms with Gasteiger partial charge < -0.3 is 15.7 Å². The van der Waals surface area contributed by atoms with Crippen LogP contribution in [0.2, 0.25) is 0 Å². The molecule has 1 heterocycles. The Balaban J connectivity index is 2.01. The van der Waals surface area contributed by atoms with Crippen LogP contribution in [0.15, 0.2) is 42.7 Å². The van der Waals surface area contributed by atoms with Gasteiger partial charge in [0.25, 0.3) is 0 Å². The molecule has 2 rings (SSSR count). The van der Waals surface area contributed by atoms with Gasteiger partial charge in [-0.2, -0.15) is 5.10 Å². The molecule has 110 valence electrons. The number of aliphatic carboxylic acids is 1. The van der Waals surface area contributed by atoms with Crippen LogP contribution in [-0.2, 0) is 4.79 Å². The van der Waals surface area contributed by atoms with Crippen LogP contribution in [0, 0.1) is 0 Å². The highest BCUT2D eigenvalue weighted by atomic mass is 16.4. The molecule has 0 spiro atoms. The van der Waals surface area contributed by atoms with Crippen molar-refractivity contribution in [3.05, 3.63) is 53.9 Å². The molecule has 1 aromatic carbocycles. The molecule has 1 aromatic heterocycles. The Morgan fingerprint density at radius 2 is 1.90 bits per heavy atom. The van der Waals surface area contributed by atoms with Crippen molar-refractivity contribution >= 4 is 12.0 Å². The van der Waals surface area contributed by atoms with Crippen molar-refractivity contribution in [2.24, 2.45) is 0 Å². The summed E-state index contributed by atoms with van der Waals surface area (Å²) in [7, 11) is 0. The van der Waals surface area contributed by atoms with Crippen molar-refractivity contribution in [3.63, 3.8) is 0 Å². The van der Waals surface area contributed by atoms with E-state index < -0.39 is 18.0 Å². The van der Waals surface area contributed by atoms with Crippen LogP contribution >= 0.6 is 0 Å². The number of nitrogens with one attached hydrogen (secondary N) is 3. The standard InChI is InChI=1S/C14H16N4O3/c1-9(11-7-15-16-8-11)17-14(21)18-12(13(19)20)10-5-3-2-4-6-10/h2-9,12H,1H3,(H,15,16)(H,19,20)(H2,17,18,21). The van der Waals surface area contributed by atoms with Crippen LogP contribution in [-0.4, -0.2) is 27.3 Å². The number of carboxylic acids is 1. The lowest BCUT2D eigenvalue weighted by Gasteiger charge is -2.18. The molecule has 7 heteroatoms. The average molecular weight is 288 g/mol. The number of hydrogen-bond acceptors (Lipinski definition) is 3. The normalized spacial score (nSPS) is 13.2. The van der Waals surface area contributed by atoms with Crippen LogP contribution in [0.5, 0.6) is 0 Å². The second-order valence-corrected chi connectivity index (χ2v) is 4.55. The molecule has 2 unspecified atom stereocenters. The Bertz CT molecular complexity index is 598. The molecule has 0 saturated carbocycles. The smallest absolute Gasteiger partial charge is 0.330 e. The second kappa shape index (κ2) is 6.56. The van der Waals surface area contributed by atoms with Crippen molar-refractivity contribution in [2.75, 3.05) is 0 Å². The maximum atomic E-state index is 11.9. The molecule has 0 bridgehead atoms. The Morgan fingerprint density at radius 1 is 1.19 bits per heavy atom. The number of carbonyl (C=O) groups excluding carboxylic acids is 1. The number of aromatic amines is 1. The van der Waals surface area contributed by atoms with Crippen LogP contribution in [0.3, 0.4) is 0 Å². The molecule has 2 aromatic rings. The first-order valence-corrected chi connectivity index (χ1v) is 6.41. The van der Waals surface area contributed by atoms with Gasteiger partial charge in [0.05, 0.1) is 12.2 Å². The van der Waals surface area contributed by atoms with Gasteiger partial charge in [0.1, 0.15) is 0 Å². The summed E-state index contributed by atoms with van der Waals surface area (Å²) in [4.78, 5) is 23.2. The van der Waals surface area contributed by atoms with E-state index in [4.69, 9.17) is 0 Å². The third-order valence-electron chi connectivity index (χ3n) is 3.02. The largest absolute Gasteiger partial charge is 0.479 e. The number of urea groups is 1. The van der Waals surface area contributed by atoms with E-state index in [1.807, 2.05) is 0 Å². The zero-order valence-corrected chi connectivity index (χ0v) is 11.4. The predicted molar refractivity (Wildman–Crippen MR) is 75.5 cm³/mol. The fraction of sp³-hybridized carbons (Fsp3) is 0.214. The highest BCUT2D eigenvalue weighted by Gasteiger charge is 2.22. The highest BCUT2D eigenvalue weighted by molar-refractivity contribution is 5.83. The topological polar surface area (TPSA) is 107 Å². The maximum Gasteiger partial charge on any atom is 0.330 e. The Morgan fingerprint density at radius 3 is 2.48 bits per heavy atom. The van der Waals surface area contributed by atoms with Crippen LogP contribution in [0.25, 0.3) is 0 Å². The minimum atomic E-state index is -1.12. The zero-order chi connectivity index (χ0) is 15.2. The molecule has 2 amide bonds. The van der Waals surface area contributed by atoms with E-state index in [1.165, 1.54) is 0 Å². The number of hydrogen-bond donors (Lipinski definition) is 4. The minimum Gasteiger partial charge on any atom is -0.479 e. The lowest BCUT2D eigenvalue weighted by atomic mass is 10.1. The zero-order valence-electron chi connectivity index (χ0n) is 11.4. The maximum absolute atomic E-state index is 11.9. The van der Waals surface area contributed by atoms with E-state index in [9.17, 15) is 14.7 Å². The van der Waals surface area contributed by atoms with Gasteiger partial charge in [-0.05, 0) is 12.5 Å². The van der Waals surface area contributed by atoms with E-state index in [0.29, 0.717) is 5.56 Å². The summed E-state index contributed by atoms with van der Waals surface area (Å²) >= 11 is 0. The molecule has 0 radical (unpaired) electrons. The number of carbonyl (C=O) groups is 2. The Kier molecular flexibility index (Phi) is 4.55. The van der Waals surface area contributed by atoms with E-state index >= 15 is 0 Å². The number of benzene rings is 1. The summed E-state index contributed by atoms with van der Waals surface area (Å²) < 4.78 is 0. The first kappa shape index (κ1) is 14.6. The average Bonchev–Trinajstić information content (AvgIpc) is 2.99. The monoisotopic (exact) mass is 288 g/mol. The van der Waals surface area contributed by atoms with Crippen LogP contribution in [0.4, 0.5) is 4.79 Å². The molecule has 0 saturated heterocycles. The van der Waals surface area contributed by atoms with Gasteiger partial charge in [-0.3, -0.25) is 5.10 Å². The van der Waals surface area contributed by atoms with Gasteiger partial charge in [-0.1, -0.05) is 30.3 Å². The number of H-pyrrole nitrogens is 1. The van der Waals surface area contributed by atoms with Crippen molar-refractivity contribution in [1.29, 1.82) is 0 Å². The van der Waals surface area contributed by atoms with Gasteiger partial charge in [0, 0.05) is 11.8 Å². The molecule has 7 nitrogen and oxygen atoms in total. The number of rotatable bonds is 5. The van der Waals surface area contributed by atoms with Crippen LogP contribution in [0.1, 0.15) is 30.1 Å². The molecular formula is C14H16N4O3. The van der Waals surface area contributed by atoms with Crippen molar-refractivity contribution in [1.82, 2.24) is 20.8 Å². The van der Waals surface area contributed by atoms with E-state index in [2.05, 4.69) is 20.8 Å². The molecule has 2 atom stereocenters. The third-order valence-corrected chi connectivity index (χ3v) is 3.02. The predicted octanol–water partition coefficient (Wildman–Crippen LogP) is 1.60. The lowest BCUT2D eigenvalue weighted by Crippen LogP contribution is -2.41. The molecule has 0 aliphatic carbocycles. The van der Waals surface area contributed by atoms with Crippen molar-refractivity contribution in [2.45, 2.75) is 19.0 Å². The first-order valence-electron chi connectivity index (χ1n) is 6.41. The summed E-state index contributed by atoms with van der Waals surface area (Å²) in [5.41, 5.74) is 1.31. The number of nitrogens with zero attached hydrogens (tertiary/aromatic N) is 1. The first-order chi connectivity index (χ1) is 10.1. The summed E-state index contributed by atoms with van der Waals surface area (Å²) in [6.07, 6.45) is 3.26. The van der Waals surface area contributed by atoms with Crippen LogP contribution < -0.4 is 10.6 Å². The Hall–Kier alpha value is -2.83. The summed E-state index contributed by atoms with van der Waals surface area (Å²) in [6, 6.07) is 6.59. The quantitative estimate of drug-likeness (QED) is 0.670. The molecule has 0 fully saturated rings. The van der Waals surface area contributed by atoms with Gasteiger partial charge in [-0.25, -0.2) is 9.59 Å². The molecule has 21 heavy (non-hydrogen) atoms. The fourth-order valence-electron chi connectivity index (χ4n) is 1.88. The van der Waals surface area contributed by atoms with Crippen molar-refractivity contribution in [3.8, 4) is 0 Å². The second-order valence-electron chi connectivity index (χ2n) is 4.55. The lowest BCUT2D eigenvalue weighted by molar-refractivity contribution is -0.139. The number of aromatic nitrogens is 2. The third kappa shape index (κ3) is 3.82. The molecule has 0 aliphatic heterocycles. The van der Waals surface area contributed by atoms with E-state index in [0.717, 1.165) is 5.56 Å². The van der Waals surface area contributed by atoms with Gasteiger partial charge >= 0.3 is 12.0 Å². The van der Waals surface area contributed by atoms with Crippen molar-refractivity contribution < 1.29 is 14.7 Å². The number of carboxylic acid groups (broad SMARTS) is 1. The van der Waals surface area contributed by atoms with Gasteiger partial charge in [-0.15, -0.1) is 0 Å².